The second kappa shape index (κ2) is 9.41. The summed E-state index contributed by atoms with van der Waals surface area (Å²) in [4.78, 5) is 29.5. The van der Waals surface area contributed by atoms with Gasteiger partial charge in [-0.3, -0.25) is 9.69 Å². The maximum absolute atomic E-state index is 13.4. The highest BCUT2D eigenvalue weighted by molar-refractivity contribution is 7.16. The SMILES string of the molecule is Cc1ccc(N(CCC#N)C(=O)C(C)N2CCN(c3ncnc4sccc34)CC2)cc1. The number of fused-ring (bicyclic) bond motifs is 1. The number of rotatable bonds is 6. The van der Waals surface area contributed by atoms with Crippen molar-refractivity contribution in [3.63, 3.8) is 0 Å². The highest BCUT2D eigenvalue weighted by Crippen LogP contribution is 2.28. The molecule has 3 heterocycles. The van der Waals surface area contributed by atoms with Crippen molar-refractivity contribution in [2.75, 3.05) is 42.5 Å². The molecule has 0 bridgehead atoms. The summed E-state index contributed by atoms with van der Waals surface area (Å²) < 4.78 is 0. The first-order valence-corrected chi connectivity index (χ1v) is 11.4. The lowest BCUT2D eigenvalue weighted by Crippen LogP contribution is -2.55. The Morgan fingerprint density at radius 1 is 1.19 bits per heavy atom. The lowest BCUT2D eigenvalue weighted by molar-refractivity contribution is -0.123. The summed E-state index contributed by atoms with van der Waals surface area (Å²) in [5.41, 5.74) is 1.99. The zero-order valence-electron chi connectivity index (χ0n) is 17.9. The first-order valence-electron chi connectivity index (χ1n) is 10.5. The number of piperazine rings is 1. The lowest BCUT2D eigenvalue weighted by Gasteiger charge is -2.39. The van der Waals surface area contributed by atoms with Crippen LogP contribution in [0.15, 0.2) is 42.0 Å². The van der Waals surface area contributed by atoms with Gasteiger partial charge in [0.25, 0.3) is 0 Å². The van der Waals surface area contributed by atoms with Crippen LogP contribution in [0.3, 0.4) is 0 Å². The smallest absolute Gasteiger partial charge is 0.244 e. The molecule has 1 aromatic carbocycles. The van der Waals surface area contributed by atoms with Gasteiger partial charge in [-0.1, -0.05) is 17.7 Å². The molecule has 2 aromatic heterocycles. The highest BCUT2D eigenvalue weighted by atomic mass is 32.1. The van der Waals surface area contributed by atoms with Crippen molar-refractivity contribution in [1.29, 1.82) is 5.26 Å². The third kappa shape index (κ3) is 4.53. The molecular formula is C23H26N6OS. The molecule has 1 unspecified atom stereocenters. The van der Waals surface area contributed by atoms with E-state index in [0.29, 0.717) is 13.0 Å². The molecular weight excluding hydrogens is 408 g/mol. The van der Waals surface area contributed by atoms with E-state index < -0.39 is 0 Å². The highest BCUT2D eigenvalue weighted by Gasteiger charge is 2.30. The van der Waals surface area contributed by atoms with Gasteiger partial charge in [0.1, 0.15) is 17.0 Å². The van der Waals surface area contributed by atoms with Crippen LogP contribution in [0.25, 0.3) is 10.2 Å². The van der Waals surface area contributed by atoms with Crippen molar-refractivity contribution in [2.24, 2.45) is 0 Å². The third-order valence-electron chi connectivity index (χ3n) is 5.82. The number of carbonyl (C=O) groups is 1. The minimum absolute atomic E-state index is 0.0369. The van der Waals surface area contributed by atoms with Crippen LogP contribution in [0, 0.1) is 18.3 Å². The maximum atomic E-state index is 13.4. The van der Waals surface area contributed by atoms with Gasteiger partial charge in [0.05, 0.1) is 23.9 Å². The van der Waals surface area contributed by atoms with Crippen LogP contribution >= 0.6 is 11.3 Å². The Morgan fingerprint density at radius 2 is 1.94 bits per heavy atom. The molecule has 8 heteroatoms. The molecule has 3 aromatic rings. The van der Waals surface area contributed by atoms with E-state index in [-0.39, 0.29) is 11.9 Å². The lowest BCUT2D eigenvalue weighted by atomic mass is 10.1. The summed E-state index contributed by atoms with van der Waals surface area (Å²) in [7, 11) is 0. The Hall–Kier alpha value is -3.02. The molecule has 4 rings (SSSR count). The monoisotopic (exact) mass is 434 g/mol. The average Bonchev–Trinajstić information content (AvgIpc) is 3.29. The molecule has 1 aliphatic heterocycles. The fraction of sp³-hybridized carbons (Fsp3) is 0.391. The Labute approximate surface area is 186 Å². The van der Waals surface area contributed by atoms with Gasteiger partial charge in [0.2, 0.25) is 5.91 Å². The number of aryl methyl sites for hydroxylation is 1. The van der Waals surface area contributed by atoms with Crippen molar-refractivity contribution in [1.82, 2.24) is 14.9 Å². The van der Waals surface area contributed by atoms with Crippen LogP contribution in [-0.2, 0) is 4.79 Å². The Kier molecular flexibility index (Phi) is 6.44. The van der Waals surface area contributed by atoms with Gasteiger partial charge in [-0.2, -0.15) is 5.26 Å². The molecule has 1 amide bonds. The molecule has 0 aliphatic carbocycles. The standard InChI is InChI=1S/C23H26N6OS/c1-17-4-6-19(7-5-17)29(10-3-9-24)23(30)18(2)27-11-13-28(14-12-27)21-20-8-15-31-22(20)26-16-25-21/h4-8,15-16,18H,3,10-14H2,1-2H3. The Balaban J connectivity index is 1.44. The molecule has 1 aliphatic rings. The number of benzene rings is 1. The molecule has 1 atom stereocenters. The number of nitrogens with zero attached hydrogens (tertiary/aromatic N) is 6. The zero-order valence-corrected chi connectivity index (χ0v) is 18.7. The van der Waals surface area contributed by atoms with Gasteiger partial charge >= 0.3 is 0 Å². The second-order valence-electron chi connectivity index (χ2n) is 7.77. The van der Waals surface area contributed by atoms with E-state index in [9.17, 15) is 4.79 Å². The molecule has 0 N–H and O–H groups in total. The largest absolute Gasteiger partial charge is 0.353 e. The molecule has 1 saturated heterocycles. The summed E-state index contributed by atoms with van der Waals surface area (Å²) in [5, 5.41) is 12.2. The summed E-state index contributed by atoms with van der Waals surface area (Å²) in [6.07, 6.45) is 1.94. The van der Waals surface area contributed by atoms with Crippen LogP contribution in [0.1, 0.15) is 18.9 Å². The normalized spacial score (nSPS) is 15.6. The number of hydrogen-bond acceptors (Lipinski definition) is 7. The summed E-state index contributed by atoms with van der Waals surface area (Å²) >= 11 is 1.62. The van der Waals surface area contributed by atoms with Gasteiger partial charge in [0, 0.05) is 38.4 Å². The van der Waals surface area contributed by atoms with Gasteiger partial charge in [-0.05, 0) is 37.4 Å². The van der Waals surface area contributed by atoms with Crippen LogP contribution in [-0.4, -0.2) is 59.5 Å². The predicted octanol–water partition coefficient (Wildman–Crippen LogP) is 3.46. The van der Waals surface area contributed by atoms with Gasteiger partial charge in [-0.15, -0.1) is 11.3 Å². The minimum Gasteiger partial charge on any atom is -0.353 e. The summed E-state index contributed by atoms with van der Waals surface area (Å²) in [6, 6.07) is 11.9. The number of anilines is 2. The van der Waals surface area contributed by atoms with Gasteiger partial charge in [-0.25, -0.2) is 9.97 Å². The third-order valence-corrected chi connectivity index (χ3v) is 6.64. The predicted molar refractivity (Wildman–Crippen MR) is 124 cm³/mol. The molecule has 160 valence electrons. The number of hydrogen-bond donors (Lipinski definition) is 0. The number of aromatic nitrogens is 2. The van der Waals surface area contributed by atoms with Crippen molar-refractivity contribution >= 4 is 39.0 Å². The topological polar surface area (TPSA) is 76.4 Å². The number of nitriles is 1. The number of amides is 1. The Morgan fingerprint density at radius 3 is 2.65 bits per heavy atom. The van der Waals surface area contributed by atoms with E-state index in [4.69, 9.17) is 5.26 Å². The first kappa shape index (κ1) is 21.2. The molecule has 1 fully saturated rings. The summed E-state index contributed by atoms with van der Waals surface area (Å²) in [5.74, 6) is 1.01. The molecule has 0 radical (unpaired) electrons. The Bertz CT molecular complexity index is 1080. The molecule has 7 nitrogen and oxygen atoms in total. The maximum Gasteiger partial charge on any atom is 0.244 e. The average molecular weight is 435 g/mol. The fourth-order valence-corrected chi connectivity index (χ4v) is 4.71. The van der Waals surface area contributed by atoms with E-state index in [1.807, 2.05) is 43.5 Å². The van der Waals surface area contributed by atoms with Crippen molar-refractivity contribution in [2.45, 2.75) is 26.3 Å². The van der Waals surface area contributed by atoms with Crippen LogP contribution in [0.4, 0.5) is 11.5 Å². The fourth-order valence-electron chi connectivity index (χ4n) is 3.98. The van der Waals surface area contributed by atoms with Crippen molar-refractivity contribution in [3.8, 4) is 6.07 Å². The molecule has 0 spiro atoms. The molecule has 0 saturated carbocycles. The van der Waals surface area contributed by atoms with E-state index in [1.54, 1.807) is 22.6 Å². The first-order chi connectivity index (χ1) is 15.1. The minimum atomic E-state index is -0.256. The van der Waals surface area contributed by atoms with Crippen LogP contribution in [0.2, 0.25) is 0 Å². The molecule has 31 heavy (non-hydrogen) atoms. The van der Waals surface area contributed by atoms with E-state index in [2.05, 4.69) is 31.9 Å². The van der Waals surface area contributed by atoms with Gasteiger partial charge < -0.3 is 9.80 Å². The number of carbonyl (C=O) groups excluding carboxylic acids is 1. The van der Waals surface area contributed by atoms with E-state index in [0.717, 1.165) is 53.5 Å². The van der Waals surface area contributed by atoms with Crippen molar-refractivity contribution in [3.05, 3.63) is 47.6 Å². The van der Waals surface area contributed by atoms with E-state index in [1.165, 1.54) is 0 Å². The quantitative estimate of drug-likeness (QED) is 0.591. The van der Waals surface area contributed by atoms with Gasteiger partial charge in [0.15, 0.2) is 0 Å². The van der Waals surface area contributed by atoms with Crippen LogP contribution < -0.4 is 9.80 Å². The van der Waals surface area contributed by atoms with Crippen molar-refractivity contribution < 1.29 is 4.79 Å². The second-order valence-corrected chi connectivity index (χ2v) is 8.66. The van der Waals surface area contributed by atoms with Crippen LogP contribution in [0.5, 0.6) is 0 Å². The summed E-state index contributed by atoms with van der Waals surface area (Å²) in [6.45, 7) is 7.57. The van der Waals surface area contributed by atoms with E-state index >= 15 is 0 Å². The zero-order chi connectivity index (χ0) is 21.8. The number of thiophene rings is 1.